The third-order valence-corrected chi connectivity index (χ3v) is 5.77. The third-order valence-electron chi connectivity index (χ3n) is 4.29. The van der Waals surface area contributed by atoms with Gasteiger partial charge in [0.15, 0.2) is 0 Å². The predicted octanol–water partition coefficient (Wildman–Crippen LogP) is 2.89. The number of hydrogen-bond acceptors (Lipinski definition) is 4. The SMILES string of the molecule is CN1CCN(c2cccc3ccc(S(=O)(=O)C(F)(F)F)cc23)CC1. The monoisotopic (exact) mass is 358 g/mol. The normalized spacial score (nSPS) is 17.4. The van der Waals surface area contributed by atoms with Gasteiger partial charge in [-0.3, -0.25) is 0 Å². The van der Waals surface area contributed by atoms with Crippen LogP contribution in [0.1, 0.15) is 0 Å². The quantitative estimate of drug-likeness (QED) is 0.828. The lowest BCUT2D eigenvalue weighted by Gasteiger charge is -2.34. The molecule has 0 unspecified atom stereocenters. The standard InChI is InChI=1S/C16H17F3N2O2S/c1-20-7-9-21(10-8-20)15-4-2-3-12-5-6-13(11-14(12)15)24(22,23)16(17,18)19/h2-6,11H,7-10H2,1H3. The Bertz CT molecular complexity index is 857. The van der Waals surface area contributed by atoms with Crippen molar-refractivity contribution >= 4 is 26.3 Å². The van der Waals surface area contributed by atoms with Crippen molar-refractivity contribution in [3.8, 4) is 0 Å². The molecule has 0 N–H and O–H groups in total. The second-order valence-corrected chi connectivity index (χ2v) is 7.84. The summed E-state index contributed by atoms with van der Waals surface area (Å²) in [5, 5.41) is 1.24. The zero-order valence-corrected chi connectivity index (χ0v) is 13.9. The minimum atomic E-state index is -5.35. The summed E-state index contributed by atoms with van der Waals surface area (Å²) < 4.78 is 61.8. The van der Waals surface area contributed by atoms with E-state index in [-0.39, 0.29) is 0 Å². The van der Waals surface area contributed by atoms with Gasteiger partial charge in [0, 0.05) is 37.3 Å². The van der Waals surface area contributed by atoms with Gasteiger partial charge in [-0.1, -0.05) is 18.2 Å². The van der Waals surface area contributed by atoms with E-state index >= 15 is 0 Å². The molecule has 130 valence electrons. The summed E-state index contributed by atoms with van der Waals surface area (Å²) in [5.74, 6) is 0. The summed E-state index contributed by atoms with van der Waals surface area (Å²) in [6, 6.07) is 8.97. The Hall–Kier alpha value is -1.80. The number of anilines is 1. The Morgan fingerprint density at radius 1 is 1.00 bits per heavy atom. The fourth-order valence-corrected chi connectivity index (χ4v) is 3.65. The summed E-state index contributed by atoms with van der Waals surface area (Å²) in [5.41, 5.74) is -4.54. The summed E-state index contributed by atoms with van der Waals surface area (Å²) >= 11 is 0. The van der Waals surface area contributed by atoms with Gasteiger partial charge >= 0.3 is 5.51 Å². The van der Waals surface area contributed by atoms with Gasteiger partial charge in [0.05, 0.1) is 4.90 Å². The van der Waals surface area contributed by atoms with Crippen molar-refractivity contribution in [2.75, 3.05) is 38.1 Å². The maximum atomic E-state index is 12.8. The van der Waals surface area contributed by atoms with Gasteiger partial charge in [-0.2, -0.15) is 13.2 Å². The molecule has 0 aliphatic carbocycles. The van der Waals surface area contributed by atoms with Crippen LogP contribution in [0, 0.1) is 0 Å². The molecule has 0 amide bonds. The minimum absolute atomic E-state index is 0.521. The number of benzene rings is 2. The molecular formula is C16H17F3N2O2S. The maximum absolute atomic E-state index is 12.8. The molecule has 1 fully saturated rings. The molecule has 0 bridgehead atoms. The zero-order valence-electron chi connectivity index (χ0n) is 13.0. The van der Waals surface area contributed by atoms with Gasteiger partial charge in [0.1, 0.15) is 0 Å². The van der Waals surface area contributed by atoms with Crippen molar-refractivity contribution in [1.82, 2.24) is 4.90 Å². The third kappa shape index (κ3) is 2.95. The zero-order chi connectivity index (χ0) is 17.5. The number of fused-ring (bicyclic) bond motifs is 1. The number of likely N-dealkylation sites (N-methyl/N-ethyl adjacent to an activating group) is 1. The molecule has 2 aromatic carbocycles. The van der Waals surface area contributed by atoms with Crippen LogP contribution in [0.3, 0.4) is 0 Å². The molecule has 1 aliphatic heterocycles. The van der Waals surface area contributed by atoms with E-state index in [1.807, 2.05) is 19.2 Å². The lowest BCUT2D eigenvalue weighted by atomic mass is 10.1. The Morgan fingerprint density at radius 3 is 2.29 bits per heavy atom. The molecule has 1 saturated heterocycles. The van der Waals surface area contributed by atoms with E-state index < -0.39 is 20.2 Å². The summed E-state index contributed by atoms with van der Waals surface area (Å²) in [6.07, 6.45) is 0. The largest absolute Gasteiger partial charge is 0.501 e. The highest BCUT2D eigenvalue weighted by Crippen LogP contribution is 2.34. The van der Waals surface area contributed by atoms with E-state index in [1.165, 1.54) is 6.07 Å². The van der Waals surface area contributed by atoms with Crippen molar-refractivity contribution in [1.29, 1.82) is 0 Å². The summed E-state index contributed by atoms with van der Waals surface area (Å²) in [7, 11) is -3.34. The molecule has 0 spiro atoms. The van der Waals surface area contributed by atoms with Crippen LogP contribution >= 0.6 is 0 Å². The van der Waals surface area contributed by atoms with Gasteiger partial charge in [0.25, 0.3) is 9.84 Å². The first-order chi connectivity index (χ1) is 11.2. The van der Waals surface area contributed by atoms with E-state index in [0.29, 0.717) is 10.8 Å². The molecule has 0 aromatic heterocycles. The van der Waals surface area contributed by atoms with Crippen LogP contribution in [0.4, 0.5) is 18.9 Å². The topological polar surface area (TPSA) is 40.6 Å². The van der Waals surface area contributed by atoms with E-state index in [2.05, 4.69) is 9.80 Å². The maximum Gasteiger partial charge on any atom is 0.501 e. The molecule has 3 rings (SSSR count). The van der Waals surface area contributed by atoms with Crippen LogP contribution in [0.25, 0.3) is 10.8 Å². The van der Waals surface area contributed by atoms with Crippen molar-refractivity contribution in [2.24, 2.45) is 0 Å². The second kappa shape index (κ2) is 5.93. The van der Waals surface area contributed by atoms with Gasteiger partial charge in [-0.05, 0) is 30.6 Å². The van der Waals surface area contributed by atoms with Crippen LogP contribution in [0.2, 0.25) is 0 Å². The molecule has 0 saturated carbocycles. The van der Waals surface area contributed by atoms with Gasteiger partial charge in [0.2, 0.25) is 0 Å². The number of alkyl halides is 3. The number of halogens is 3. The molecule has 0 radical (unpaired) electrons. The summed E-state index contributed by atoms with van der Waals surface area (Å²) in [4.78, 5) is 3.53. The minimum Gasteiger partial charge on any atom is -0.368 e. The number of sulfone groups is 1. The molecule has 0 atom stereocenters. The molecule has 1 aliphatic rings. The Morgan fingerprint density at radius 2 is 1.67 bits per heavy atom. The predicted molar refractivity (Wildman–Crippen MR) is 86.9 cm³/mol. The number of rotatable bonds is 2. The Kier molecular flexibility index (Phi) is 4.21. The lowest BCUT2D eigenvalue weighted by Crippen LogP contribution is -2.44. The molecule has 24 heavy (non-hydrogen) atoms. The Balaban J connectivity index is 2.10. The van der Waals surface area contributed by atoms with Crippen molar-refractivity contribution in [2.45, 2.75) is 10.4 Å². The number of hydrogen-bond donors (Lipinski definition) is 0. The van der Waals surface area contributed by atoms with Gasteiger partial charge in [-0.15, -0.1) is 0 Å². The molecular weight excluding hydrogens is 341 g/mol. The molecule has 1 heterocycles. The second-order valence-electron chi connectivity index (χ2n) is 5.90. The van der Waals surface area contributed by atoms with Crippen LogP contribution in [0.5, 0.6) is 0 Å². The number of nitrogens with zero attached hydrogens (tertiary/aromatic N) is 2. The van der Waals surface area contributed by atoms with Crippen LogP contribution in [0.15, 0.2) is 41.3 Å². The van der Waals surface area contributed by atoms with Crippen molar-refractivity contribution in [3.63, 3.8) is 0 Å². The molecule has 2 aromatic rings. The average Bonchev–Trinajstić information content (AvgIpc) is 2.53. The fourth-order valence-electron chi connectivity index (χ4n) is 2.86. The highest BCUT2D eigenvalue weighted by Gasteiger charge is 2.46. The number of piperazine rings is 1. The lowest BCUT2D eigenvalue weighted by molar-refractivity contribution is -0.0435. The van der Waals surface area contributed by atoms with Crippen LogP contribution in [-0.4, -0.2) is 52.1 Å². The van der Waals surface area contributed by atoms with Gasteiger partial charge in [-0.25, -0.2) is 8.42 Å². The first-order valence-corrected chi connectivity index (χ1v) is 8.96. The Labute approximate surface area is 138 Å². The first-order valence-electron chi connectivity index (χ1n) is 7.48. The molecule has 8 heteroatoms. The van der Waals surface area contributed by atoms with Crippen molar-refractivity contribution in [3.05, 3.63) is 36.4 Å². The highest BCUT2D eigenvalue weighted by molar-refractivity contribution is 7.92. The van der Waals surface area contributed by atoms with E-state index in [1.54, 1.807) is 6.07 Å². The van der Waals surface area contributed by atoms with Crippen LogP contribution < -0.4 is 4.90 Å². The average molecular weight is 358 g/mol. The van der Waals surface area contributed by atoms with E-state index in [4.69, 9.17) is 0 Å². The van der Waals surface area contributed by atoms with E-state index in [9.17, 15) is 21.6 Å². The first kappa shape index (κ1) is 17.0. The fraction of sp³-hybridized carbons (Fsp3) is 0.375. The van der Waals surface area contributed by atoms with E-state index in [0.717, 1.165) is 44.0 Å². The smallest absolute Gasteiger partial charge is 0.368 e. The molecule has 4 nitrogen and oxygen atoms in total. The van der Waals surface area contributed by atoms with Gasteiger partial charge < -0.3 is 9.80 Å². The van der Waals surface area contributed by atoms with Crippen LogP contribution in [-0.2, 0) is 9.84 Å². The summed E-state index contributed by atoms with van der Waals surface area (Å²) in [6.45, 7) is 3.17. The highest BCUT2D eigenvalue weighted by atomic mass is 32.2. The van der Waals surface area contributed by atoms with Crippen molar-refractivity contribution < 1.29 is 21.6 Å².